The number of rotatable bonds is 15. The second kappa shape index (κ2) is 23.6. The molecular formula is C79H67N3. The molecule has 3 heterocycles. The summed E-state index contributed by atoms with van der Waals surface area (Å²) in [5.74, 6) is 0. The van der Waals surface area contributed by atoms with Crippen LogP contribution >= 0.6 is 0 Å². The summed E-state index contributed by atoms with van der Waals surface area (Å²) < 4.78 is 0. The maximum absolute atomic E-state index is 4.96. The fourth-order valence-electron chi connectivity index (χ4n) is 11.4. The molecule has 398 valence electrons. The average molecular weight is 1060 g/mol. The Morgan fingerprint density at radius 3 is 1.23 bits per heavy atom. The highest BCUT2D eigenvalue weighted by atomic mass is 14.7. The van der Waals surface area contributed by atoms with E-state index in [-0.39, 0.29) is 5.41 Å². The zero-order valence-corrected chi connectivity index (χ0v) is 47.6. The van der Waals surface area contributed by atoms with Gasteiger partial charge >= 0.3 is 0 Å². The maximum Gasteiger partial charge on any atom is 0.0705 e. The number of benzene rings is 9. The van der Waals surface area contributed by atoms with Gasteiger partial charge in [0.25, 0.3) is 0 Å². The van der Waals surface area contributed by atoms with Crippen molar-refractivity contribution in [2.75, 3.05) is 0 Å². The van der Waals surface area contributed by atoms with Crippen LogP contribution in [0.2, 0.25) is 0 Å². The maximum atomic E-state index is 4.96. The standard InChI is InChI=1S/C79H67N3/c1-54-25-41-76(81-52-54)65-37-35-62(73(48-65)60-19-11-7-12-20-60)29-27-56-45-57(28-30-63-36-38-66(77-42-26-55(2)53-82-77)49-74(63)61-21-13-8-14-22-61)47-68(46-56)70-23-15-16-24-71(70)72-40-39-67(78-51-69(43-44-80-78)79(3,4)5)50-75(72)64-33-31-59(32-34-64)58-17-9-6-10-18-58/h6-26,31-53H,27-30H2,1-5H3. The first kappa shape index (κ1) is 53.1. The molecule has 3 heteroatoms. The lowest BCUT2D eigenvalue weighted by Crippen LogP contribution is -2.11. The third kappa shape index (κ3) is 12.0. The Kier molecular flexibility index (Phi) is 15.3. The van der Waals surface area contributed by atoms with Crippen LogP contribution in [0.15, 0.2) is 267 Å². The van der Waals surface area contributed by atoms with Crippen molar-refractivity contribution in [3.05, 3.63) is 306 Å². The quantitative estimate of drug-likeness (QED) is 0.103. The van der Waals surface area contributed by atoms with Crippen LogP contribution in [0.1, 0.15) is 59.7 Å². The Balaban J connectivity index is 0.967. The molecule has 0 amide bonds. The van der Waals surface area contributed by atoms with E-state index in [4.69, 9.17) is 15.0 Å². The molecule has 82 heavy (non-hydrogen) atoms. The van der Waals surface area contributed by atoms with E-state index < -0.39 is 0 Å². The first-order valence-electron chi connectivity index (χ1n) is 28.8. The second-order valence-corrected chi connectivity index (χ2v) is 22.9. The van der Waals surface area contributed by atoms with Gasteiger partial charge in [0.1, 0.15) is 0 Å². The van der Waals surface area contributed by atoms with Crippen LogP contribution in [0.3, 0.4) is 0 Å². The van der Waals surface area contributed by atoms with Crippen LogP contribution in [0, 0.1) is 13.8 Å². The molecule has 0 aliphatic heterocycles. The van der Waals surface area contributed by atoms with Gasteiger partial charge in [0.15, 0.2) is 0 Å². The summed E-state index contributed by atoms with van der Waals surface area (Å²) >= 11 is 0. The van der Waals surface area contributed by atoms with E-state index in [2.05, 4.69) is 283 Å². The fourth-order valence-corrected chi connectivity index (χ4v) is 11.4. The number of aromatic nitrogens is 3. The summed E-state index contributed by atoms with van der Waals surface area (Å²) in [5.41, 5.74) is 29.5. The van der Waals surface area contributed by atoms with Crippen molar-refractivity contribution in [3.8, 4) is 101 Å². The van der Waals surface area contributed by atoms with E-state index in [9.17, 15) is 0 Å². The van der Waals surface area contributed by atoms with E-state index in [1.807, 2.05) is 18.6 Å². The van der Waals surface area contributed by atoms with Crippen LogP contribution in [0.5, 0.6) is 0 Å². The molecule has 0 N–H and O–H groups in total. The number of hydrogen-bond donors (Lipinski definition) is 0. The molecular weight excluding hydrogens is 991 g/mol. The smallest absolute Gasteiger partial charge is 0.0705 e. The SMILES string of the molecule is Cc1ccc(-c2ccc(CCc3cc(CCc4ccc(-c5ccc(C)cn5)cc4-c4ccccc4)cc(-c4ccccc4-c4ccc(-c5cc(C(C)(C)C)ccn5)cc4-c4ccc(-c5ccccc5)cc4)c3)c(-c3ccccc3)c2)nc1. The predicted octanol–water partition coefficient (Wildman–Crippen LogP) is 20.4. The molecule has 0 atom stereocenters. The first-order valence-corrected chi connectivity index (χ1v) is 28.8. The molecule has 0 radical (unpaired) electrons. The van der Waals surface area contributed by atoms with Gasteiger partial charge in [-0.25, -0.2) is 0 Å². The summed E-state index contributed by atoms with van der Waals surface area (Å²) in [5, 5.41) is 0. The summed E-state index contributed by atoms with van der Waals surface area (Å²) in [4.78, 5) is 14.6. The van der Waals surface area contributed by atoms with Crippen molar-refractivity contribution in [2.24, 2.45) is 0 Å². The van der Waals surface area contributed by atoms with Crippen molar-refractivity contribution < 1.29 is 0 Å². The highest BCUT2D eigenvalue weighted by Crippen LogP contribution is 2.42. The van der Waals surface area contributed by atoms with E-state index in [0.717, 1.165) is 76.1 Å². The third-order valence-corrected chi connectivity index (χ3v) is 16.0. The van der Waals surface area contributed by atoms with E-state index in [1.165, 1.54) is 89.0 Å². The Morgan fingerprint density at radius 2 is 0.707 bits per heavy atom. The molecule has 0 spiro atoms. The lowest BCUT2D eigenvalue weighted by Gasteiger charge is -2.20. The molecule has 0 saturated carbocycles. The van der Waals surface area contributed by atoms with E-state index in [1.54, 1.807) is 0 Å². The minimum absolute atomic E-state index is 0.0114. The van der Waals surface area contributed by atoms with Crippen LogP contribution in [-0.2, 0) is 31.1 Å². The van der Waals surface area contributed by atoms with Crippen LogP contribution in [0.25, 0.3) is 101 Å². The predicted molar refractivity (Wildman–Crippen MR) is 345 cm³/mol. The Labute approximate surface area is 484 Å². The van der Waals surface area contributed by atoms with E-state index in [0.29, 0.717) is 0 Å². The monoisotopic (exact) mass is 1060 g/mol. The van der Waals surface area contributed by atoms with Crippen molar-refractivity contribution in [3.63, 3.8) is 0 Å². The van der Waals surface area contributed by atoms with Crippen LogP contribution < -0.4 is 0 Å². The van der Waals surface area contributed by atoms with Gasteiger partial charge in [0.2, 0.25) is 0 Å². The topological polar surface area (TPSA) is 38.7 Å². The summed E-state index contributed by atoms with van der Waals surface area (Å²) in [6.07, 6.45) is 9.35. The van der Waals surface area contributed by atoms with Gasteiger partial charge in [-0.3, -0.25) is 15.0 Å². The normalized spacial score (nSPS) is 11.4. The van der Waals surface area contributed by atoms with Gasteiger partial charge in [-0.1, -0.05) is 227 Å². The molecule has 12 aromatic rings. The molecule has 9 aromatic carbocycles. The Morgan fingerprint density at radius 1 is 0.280 bits per heavy atom. The van der Waals surface area contributed by atoms with Gasteiger partial charge in [-0.15, -0.1) is 0 Å². The highest BCUT2D eigenvalue weighted by molar-refractivity contribution is 5.94. The molecule has 0 fully saturated rings. The van der Waals surface area contributed by atoms with Gasteiger partial charge < -0.3 is 0 Å². The number of aryl methyl sites for hydroxylation is 6. The molecule has 12 rings (SSSR count). The minimum Gasteiger partial charge on any atom is -0.256 e. The molecule has 3 aromatic heterocycles. The number of pyridine rings is 3. The minimum atomic E-state index is -0.0114. The summed E-state index contributed by atoms with van der Waals surface area (Å²) in [6, 6.07) is 91.5. The average Bonchev–Trinajstić information content (AvgIpc) is 3.72. The Hall–Kier alpha value is -9.57. The molecule has 0 bridgehead atoms. The molecule has 0 aliphatic carbocycles. The third-order valence-electron chi connectivity index (χ3n) is 16.0. The van der Waals surface area contributed by atoms with Crippen molar-refractivity contribution >= 4 is 0 Å². The van der Waals surface area contributed by atoms with Crippen molar-refractivity contribution in [2.45, 2.75) is 65.7 Å². The largest absolute Gasteiger partial charge is 0.256 e. The van der Waals surface area contributed by atoms with E-state index >= 15 is 0 Å². The number of hydrogen-bond acceptors (Lipinski definition) is 3. The van der Waals surface area contributed by atoms with Gasteiger partial charge in [-0.05, 0) is 193 Å². The molecule has 0 aliphatic rings. The van der Waals surface area contributed by atoms with Gasteiger partial charge in [-0.2, -0.15) is 0 Å². The summed E-state index contributed by atoms with van der Waals surface area (Å²) in [7, 11) is 0. The zero-order valence-electron chi connectivity index (χ0n) is 47.6. The Bertz CT molecular complexity index is 4000. The molecule has 3 nitrogen and oxygen atoms in total. The van der Waals surface area contributed by atoms with Gasteiger partial charge in [0.05, 0.1) is 17.1 Å². The summed E-state index contributed by atoms with van der Waals surface area (Å²) in [6.45, 7) is 11.0. The van der Waals surface area contributed by atoms with Crippen molar-refractivity contribution in [1.82, 2.24) is 15.0 Å². The van der Waals surface area contributed by atoms with Crippen molar-refractivity contribution in [1.29, 1.82) is 0 Å². The molecule has 0 unspecified atom stereocenters. The zero-order chi connectivity index (χ0) is 56.0. The molecule has 0 saturated heterocycles. The second-order valence-electron chi connectivity index (χ2n) is 22.9. The lowest BCUT2D eigenvalue weighted by molar-refractivity contribution is 0.589. The first-order chi connectivity index (χ1) is 40.1. The van der Waals surface area contributed by atoms with Gasteiger partial charge in [0, 0.05) is 35.3 Å². The highest BCUT2D eigenvalue weighted by Gasteiger charge is 2.20. The van der Waals surface area contributed by atoms with Crippen LogP contribution in [0.4, 0.5) is 0 Å². The lowest BCUT2D eigenvalue weighted by atomic mass is 9.85. The van der Waals surface area contributed by atoms with Crippen LogP contribution in [-0.4, -0.2) is 15.0 Å². The fraction of sp³-hybridized carbons (Fsp3) is 0.127. The number of nitrogens with zero attached hydrogens (tertiary/aromatic N) is 3.